The predicted octanol–water partition coefficient (Wildman–Crippen LogP) is 1.59. The normalized spacial score (nSPS) is 10.4. The highest BCUT2D eigenvalue weighted by Crippen LogP contribution is 2.09. The molecule has 1 heterocycles. The molecule has 0 spiro atoms. The Balaban J connectivity index is 2.67. The molecule has 2 aromatic rings. The van der Waals surface area contributed by atoms with Gasteiger partial charge in [-0.25, -0.2) is 4.98 Å². The maximum atomic E-state index is 4.08. The van der Waals surface area contributed by atoms with Crippen molar-refractivity contribution in [3.8, 4) is 0 Å². The van der Waals surface area contributed by atoms with Gasteiger partial charge < -0.3 is 0 Å². The van der Waals surface area contributed by atoms with Crippen molar-refractivity contribution in [2.75, 3.05) is 0 Å². The molecule has 0 amide bonds. The van der Waals surface area contributed by atoms with Crippen molar-refractivity contribution in [3.63, 3.8) is 0 Å². The summed E-state index contributed by atoms with van der Waals surface area (Å²) in [6, 6.07) is 6.06. The van der Waals surface area contributed by atoms with Crippen LogP contribution in [-0.4, -0.2) is 15.2 Å². The van der Waals surface area contributed by atoms with Crippen LogP contribution in [0.15, 0.2) is 24.5 Å². The summed E-state index contributed by atoms with van der Waals surface area (Å²) < 4.78 is 0. The first kappa shape index (κ1) is 7.16. The summed E-state index contributed by atoms with van der Waals surface area (Å²) in [5.41, 5.74) is 3.05. The standard InChI is InChI=1S/C9H9N3/c1-2-7-3-4-8-9(5-7)12-11-6-10-8/h3-6H,2H2,1H3. The largest absolute Gasteiger partial charge is 0.233 e. The van der Waals surface area contributed by atoms with Crippen LogP contribution < -0.4 is 0 Å². The second-order valence-electron chi connectivity index (χ2n) is 2.64. The molecule has 1 aromatic heterocycles. The Kier molecular flexibility index (Phi) is 1.70. The van der Waals surface area contributed by atoms with E-state index in [2.05, 4.69) is 28.2 Å². The van der Waals surface area contributed by atoms with E-state index in [4.69, 9.17) is 0 Å². The van der Waals surface area contributed by atoms with Crippen molar-refractivity contribution in [2.24, 2.45) is 0 Å². The number of aromatic nitrogens is 3. The van der Waals surface area contributed by atoms with Crippen LogP contribution in [-0.2, 0) is 6.42 Å². The maximum absolute atomic E-state index is 4.08. The van der Waals surface area contributed by atoms with Gasteiger partial charge in [-0.05, 0) is 24.1 Å². The molecule has 0 saturated heterocycles. The second-order valence-corrected chi connectivity index (χ2v) is 2.64. The molecule has 0 N–H and O–H groups in total. The SMILES string of the molecule is CCc1ccc2ncnnc2c1. The fourth-order valence-corrected chi connectivity index (χ4v) is 1.15. The number of aryl methyl sites for hydroxylation is 1. The third kappa shape index (κ3) is 1.13. The minimum atomic E-state index is 0.872. The van der Waals surface area contributed by atoms with E-state index >= 15 is 0 Å². The van der Waals surface area contributed by atoms with Crippen molar-refractivity contribution < 1.29 is 0 Å². The molecule has 1 aromatic carbocycles. The van der Waals surface area contributed by atoms with E-state index in [1.54, 1.807) is 0 Å². The van der Waals surface area contributed by atoms with Gasteiger partial charge >= 0.3 is 0 Å². The van der Waals surface area contributed by atoms with Gasteiger partial charge in [0.15, 0.2) is 0 Å². The van der Waals surface area contributed by atoms with E-state index < -0.39 is 0 Å². The van der Waals surface area contributed by atoms with Crippen LogP contribution in [0.4, 0.5) is 0 Å². The molecule has 0 atom stereocenters. The summed E-state index contributed by atoms with van der Waals surface area (Å²) in [4.78, 5) is 4.08. The molecule has 3 nitrogen and oxygen atoms in total. The van der Waals surface area contributed by atoms with E-state index in [-0.39, 0.29) is 0 Å². The van der Waals surface area contributed by atoms with Crippen molar-refractivity contribution in [3.05, 3.63) is 30.1 Å². The van der Waals surface area contributed by atoms with Gasteiger partial charge in [0, 0.05) is 0 Å². The zero-order valence-corrected chi connectivity index (χ0v) is 6.86. The molecular weight excluding hydrogens is 150 g/mol. The lowest BCUT2D eigenvalue weighted by Gasteiger charge is -1.97. The lowest BCUT2D eigenvalue weighted by atomic mass is 10.1. The first-order chi connectivity index (χ1) is 5.90. The van der Waals surface area contributed by atoms with Crippen LogP contribution in [0.3, 0.4) is 0 Å². The number of hydrogen-bond donors (Lipinski definition) is 0. The topological polar surface area (TPSA) is 38.7 Å². The van der Waals surface area contributed by atoms with E-state index in [1.165, 1.54) is 11.9 Å². The molecular formula is C9H9N3. The number of rotatable bonds is 1. The number of hydrogen-bond acceptors (Lipinski definition) is 3. The molecule has 2 rings (SSSR count). The smallest absolute Gasteiger partial charge is 0.138 e. The van der Waals surface area contributed by atoms with Gasteiger partial charge in [-0.15, -0.1) is 10.2 Å². The van der Waals surface area contributed by atoms with Gasteiger partial charge in [-0.1, -0.05) is 13.0 Å². The summed E-state index contributed by atoms with van der Waals surface area (Å²) in [7, 11) is 0. The van der Waals surface area contributed by atoms with Gasteiger partial charge in [0.25, 0.3) is 0 Å². The molecule has 0 aliphatic heterocycles. The molecule has 0 fully saturated rings. The Morgan fingerprint density at radius 3 is 3.00 bits per heavy atom. The maximum Gasteiger partial charge on any atom is 0.138 e. The van der Waals surface area contributed by atoms with Crippen LogP contribution in [0.1, 0.15) is 12.5 Å². The minimum absolute atomic E-state index is 0.872. The fourth-order valence-electron chi connectivity index (χ4n) is 1.15. The lowest BCUT2D eigenvalue weighted by molar-refractivity contribution is 1.02. The first-order valence-electron chi connectivity index (χ1n) is 3.96. The van der Waals surface area contributed by atoms with Crippen molar-refractivity contribution in [1.29, 1.82) is 0 Å². The highest BCUT2D eigenvalue weighted by atomic mass is 15.1. The molecule has 0 saturated carbocycles. The zero-order chi connectivity index (χ0) is 8.39. The monoisotopic (exact) mass is 159 g/mol. The third-order valence-electron chi connectivity index (χ3n) is 1.86. The van der Waals surface area contributed by atoms with Crippen LogP contribution in [0.2, 0.25) is 0 Å². The molecule has 3 heteroatoms. The average Bonchev–Trinajstić information content (AvgIpc) is 2.17. The van der Waals surface area contributed by atoms with Gasteiger partial charge in [0.1, 0.15) is 11.8 Å². The van der Waals surface area contributed by atoms with Crippen LogP contribution >= 0.6 is 0 Å². The van der Waals surface area contributed by atoms with E-state index in [9.17, 15) is 0 Å². The van der Waals surface area contributed by atoms with E-state index in [1.807, 2.05) is 12.1 Å². The molecule has 60 valence electrons. The molecule has 12 heavy (non-hydrogen) atoms. The van der Waals surface area contributed by atoms with Crippen molar-refractivity contribution in [2.45, 2.75) is 13.3 Å². The zero-order valence-electron chi connectivity index (χ0n) is 6.86. The fraction of sp³-hybridized carbons (Fsp3) is 0.222. The molecule has 0 radical (unpaired) electrons. The van der Waals surface area contributed by atoms with Crippen molar-refractivity contribution >= 4 is 11.0 Å². The Bertz CT molecular complexity index is 398. The lowest BCUT2D eigenvalue weighted by Crippen LogP contribution is -1.88. The average molecular weight is 159 g/mol. The van der Waals surface area contributed by atoms with Gasteiger partial charge in [0.2, 0.25) is 0 Å². The number of benzene rings is 1. The van der Waals surface area contributed by atoms with Gasteiger partial charge in [-0.2, -0.15) is 0 Å². The van der Waals surface area contributed by atoms with Crippen LogP contribution in [0.25, 0.3) is 11.0 Å². The predicted molar refractivity (Wildman–Crippen MR) is 46.7 cm³/mol. The van der Waals surface area contributed by atoms with Crippen molar-refractivity contribution in [1.82, 2.24) is 15.2 Å². The summed E-state index contributed by atoms with van der Waals surface area (Å²) in [5.74, 6) is 0. The summed E-state index contributed by atoms with van der Waals surface area (Å²) in [6.07, 6.45) is 2.49. The molecule has 0 aliphatic rings. The van der Waals surface area contributed by atoms with Crippen LogP contribution in [0.5, 0.6) is 0 Å². The Morgan fingerprint density at radius 2 is 2.17 bits per heavy atom. The third-order valence-corrected chi connectivity index (χ3v) is 1.86. The highest BCUT2D eigenvalue weighted by molar-refractivity contribution is 5.73. The summed E-state index contributed by atoms with van der Waals surface area (Å²) in [6.45, 7) is 2.12. The Labute approximate surface area is 70.5 Å². The number of nitrogens with zero attached hydrogens (tertiary/aromatic N) is 3. The van der Waals surface area contributed by atoms with E-state index in [0.29, 0.717) is 0 Å². The molecule has 0 aliphatic carbocycles. The van der Waals surface area contributed by atoms with Gasteiger partial charge in [-0.3, -0.25) is 0 Å². The van der Waals surface area contributed by atoms with E-state index in [0.717, 1.165) is 17.5 Å². The highest BCUT2D eigenvalue weighted by Gasteiger charge is 1.95. The minimum Gasteiger partial charge on any atom is -0.233 e. The summed E-state index contributed by atoms with van der Waals surface area (Å²) in [5, 5.41) is 7.70. The molecule has 0 unspecified atom stereocenters. The van der Waals surface area contributed by atoms with Gasteiger partial charge in [0.05, 0.1) is 5.52 Å². The molecule has 0 bridgehead atoms. The number of fused-ring (bicyclic) bond motifs is 1. The first-order valence-corrected chi connectivity index (χ1v) is 3.96. The quantitative estimate of drug-likeness (QED) is 0.634. The van der Waals surface area contributed by atoms with Crippen LogP contribution in [0, 0.1) is 0 Å². The Hall–Kier alpha value is -1.51. The summed E-state index contributed by atoms with van der Waals surface area (Å²) >= 11 is 0. The Morgan fingerprint density at radius 1 is 1.25 bits per heavy atom. The second kappa shape index (κ2) is 2.85.